The van der Waals surface area contributed by atoms with Crippen LogP contribution in [-0.4, -0.2) is 63.1 Å². The number of hydrogen-bond donors (Lipinski definition) is 1. The molecule has 2 aliphatic rings. The van der Waals surface area contributed by atoms with E-state index in [1.54, 1.807) is 6.92 Å². The lowest BCUT2D eigenvalue weighted by atomic mass is 10.1. The van der Waals surface area contributed by atoms with Crippen molar-refractivity contribution in [3.63, 3.8) is 0 Å². The third-order valence-corrected chi connectivity index (χ3v) is 7.26. The minimum absolute atomic E-state index is 0.0331. The monoisotopic (exact) mass is 384 g/mol. The number of sulfonamides is 1. The molecule has 0 radical (unpaired) electrons. The molecule has 1 aromatic rings. The molecule has 1 aromatic carbocycles. The Balaban J connectivity index is 1.66. The van der Waals surface area contributed by atoms with Crippen molar-refractivity contribution in [2.24, 2.45) is 0 Å². The summed E-state index contributed by atoms with van der Waals surface area (Å²) >= 11 is 0. The van der Waals surface area contributed by atoms with E-state index in [9.17, 15) is 18.5 Å². The molecule has 9 heteroatoms. The van der Waals surface area contributed by atoms with Gasteiger partial charge in [-0.15, -0.1) is 0 Å². The fourth-order valence-corrected chi connectivity index (χ4v) is 5.34. The second-order valence-corrected chi connectivity index (χ2v) is 8.96. The van der Waals surface area contributed by atoms with Gasteiger partial charge in [-0.25, -0.2) is 8.42 Å². The highest BCUT2D eigenvalue weighted by molar-refractivity contribution is 7.89. The van der Waals surface area contributed by atoms with Crippen LogP contribution in [0.15, 0.2) is 23.1 Å². The zero-order chi connectivity index (χ0) is 18.7. The summed E-state index contributed by atoms with van der Waals surface area (Å²) in [7, 11) is -3.72. The van der Waals surface area contributed by atoms with Crippen molar-refractivity contribution in [2.45, 2.75) is 37.2 Å². The van der Waals surface area contributed by atoms with Gasteiger partial charge in [0.15, 0.2) is 0 Å². The summed E-state index contributed by atoms with van der Waals surface area (Å²) in [5, 5.41) is 11.0. The number of quaternary nitrogens is 1. The number of rotatable bonds is 5. The summed E-state index contributed by atoms with van der Waals surface area (Å²) in [5.74, 6) is 0. The van der Waals surface area contributed by atoms with Gasteiger partial charge in [-0.05, 0) is 31.7 Å². The van der Waals surface area contributed by atoms with Crippen molar-refractivity contribution >= 4 is 15.7 Å². The number of piperazine rings is 1. The maximum atomic E-state index is 12.9. The first-order valence-corrected chi connectivity index (χ1v) is 10.5. The quantitative estimate of drug-likeness (QED) is 0.584. The van der Waals surface area contributed by atoms with Crippen molar-refractivity contribution in [2.75, 3.05) is 39.3 Å². The van der Waals surface area contributed by atoms with Crippen LogP contribution < -0.4 is 4.90 Å². The molecule has 3 rings (SSSR count). The van der Waals surface area contributed by atoms with Gasteiger partial charge in [0, 0.05) is 18.7 Å². The van der Waals surface area contributed by atoms with Gasteiger partial charge < -0.3 is 9.64 Å². The lowest BCUT2D eigenvalue weighted by Gasteiger charge is -2.34. The van der Waals surface area contributed by atoms with E-state index in [2.05, 4.69) is 0 Å². The third-order valence-electron chi connectivity index (χ3n) is 5.22. The Kier molecular flexibility index (Phi) is 5.91. The molecule has 0 aliphatic carbocycles. The Labute approximate surface area is 153 Å². The summed E-state index contributed by atoms with van der Waals surface area (Å²) in [6.07, 6.45) is 3.68. The van der Waals surface area contributed by atoms with E-state index >= 15 is 0 Å². The Morgan fingerprint density at radius 2 is 2.04 bits per heavy atom. The maximum Gasteiger partial charge on any atom is 0.270 e. The van der Waals surface area contributed by atoms with E-state index in [0.717, 1.165) is 39.1 Å². The summed E-state index contributed by atoms with van der Waals surface area (Å²) in [6.45, 7) is 5.71. The number of aryl methyl sites for hydroxylation is 1. The molecular formula is C17H26N3O5S+. The number of ether oxygens (including phenoxy) is 1. The molecule has 2 fully saturated rings. The van der Waals surface area contributed by atoms with Gasteiger partial charge in [0.05, 0.1) is 36.0 Å². The average molecular weight is 384 g/mol. The number of hydrogen-bond acceptors (Lipinski definition) is 5. The molecule has 0 saturated carbocycles. The van der Waals surface area contributed by atoms with Crippen LogP contribution in [0.3, 0.4) is 0 Å². The van der Waals surface area contributed by atoms with E-state index < -0.39 is 14.9 Å². The Morgan fingerprint density at radius 1 is 1.31 bits per heavy atom. The number of non-ortho nitro benzene ring substituents is 1. The Morgan fingerprint density at radius 3 is 2.65 bits per heavy atom. The molecular weight excluding hydrogens is 358 g/mol. The maximum absolute atomic E-state index is 12.9. The third kappa shape index (κ3) is 4.22. The highest BCUT2D eigenvalue weighted by Crippen LogP contribution is 2.24. The van der Waals surface area contributed by atoms with E-state index in [1.807, 2.05) is 0 Å². The molecule has 0 bridgehead atoms. The van der Waals surface area contributed by atoms with Crippen molar-refractivity contribution in [1.29, 1.82) is 0 Å². The molecule has 0 amide bonds. The molecule has 8 nitrogen and oxygen atoms in total. The molecule has 2 saturated heterocycles. The normalized spacial score (nSPS) is 23.0. The molecule has 1 N–H and O–H groups in total. The minimum Gasteiger partial charge on any atom is -0.372 e. The summed E-state index contributed by atoms with van der Waals surface area (Å²) in [5.41, 5.74) is 0.328. The smallest absolute Gasteiger partial charge is 0.270 e. The molecule has 1 atom stereocenters. The van der Waals surface area contributed by atoms with Crippen molar-refractivity contribution < 1.29 is 23.0 Å². The van der Waals surface area contributed by atoms with Crippen molar-refractivity contribution in [3.8, 4) is 0 Å². The van der Waals surface area contributed by atoms with Gasteiger partial charge in [0.25, 0.3) is 5.69 Å². The van der Waals surface area contributed by atoms with Gasteiger partial charge in [-0.3, -0.25) is 10.1 Å². The van der Waals surface area contributed by atoms with Crippen LogP contribution in [-0.2, 0) is 14.8 Å². The number of nitro benzene ring substituents is 1. The molecule has 0 unspecified atom stereocenters. The fraction of sp³-hybridized carbons (Fsp3) is 0.647. The van der Waals surface area contributed by atoms with E-state index in [4.69, 9.17) is 4.74 Å². The number of nitrogens with one attached hydrogen (secondary N) is 1. The summed E-state index contributed by atoms with van der Waals surface area (Å²) in [6, 6.07) is 3.99. The molecule has 26 heavy (non-hydrogen) atoms. The standard InChI is InChI=1S/C17H25N3O5S/c1-14-5-6-15(20(21)22)12-17(14)26(23,24)19-9-7-18(8-10-19)13-16-4-2-3-11-25-16/h5-6,12,16H,2-4,7-11,13H2,1H3/p+1/t16-/m1/s1. The number of benzene rings is 1. The predicted molar refractivity (Wildman–Crippen MR) is 95.7 cm³/mol. The average Bonchev–Trinajstić information content (AvgIpc) is 2.63. The first kappa shape index (κ1) is 19.2. The van der Waals surface area contributed by atoms with Crippen LogP contribution in [0, 0.1) is 17.0 Å². The summed E-state index contributed by atoms with van der Waals surface area (Å²) in [4.78, 5) is 11.8. The van der Waals surface area contributed by atoms with Crippen LogP contribution in [0.5, 0.6) is 0 Å². The SMILES string of the molecule is Cc1ccc([N+](=O)[O-])cc1S(=O)(=O)N1CC[NH+](C[C@H]2CCCCO2)CC1. The Hall–Kier alpha value is -1.55. The topological polar surface area (TPSA) is 94.2 Å². The van der Waals surface area contributed by atoms with Gasteiger partial charge in [-0.1, -0.05) is 6.07 Å². The fourth-order valence-electron chi connectivity index (χ4n) is 3.66. The highest BCUT2D eigenvalue weighted by Gasteiger charge is 2.33. The molecule has 2 aliphatic heterocycles. The second-order valence-electron chi connectivity index (χ2n) is 7.05. The molecule has 2 heterocycles. The minimum atomic E-state index is -3.72. The van der Waals surface area contributed by atoms with Crippen LogP contribution in [0.4, 0.5) is 5.69 Å². The number of nitrogens with zero attached hydrogens (tertiary/aromatic N) is 2. The van der Waals surface area contributed by atoms with Crippen molar-refractivity contribution in [3.05, 3.63) is 33.9 Å². The first-order valence-electron chi connectivity index (χ1n) is 9.08. The lowest BCUT2D eigenvalue weighted by molar-refractivity contribution is -0.907. The van der Waals surface area contributed by atoms with Crippen molar-refractivity contribution in [1.82, 2.24) is 4.31 Å². The highest BCUT2D eigenvalue weighted by atomic mass is 32.2. The molecule has 0 spiro atoms. The van der Waals surface area contributed by atoms with Gasteiger partial charge in [0.1, 0.15) is 12.6 Å². The zero-order valence-corrected chi connectivity index (χ0v) is 15.8. The van der Waals surface area contributed by atoms with Crippen LogP contribution in [0.1, 0.15) is 24.8 Å². The molecule has 0 aromatic heterocycles. The second kappa shape index (κ2) is 7.99. The van der Waals surface area contributed by atoms with E-state index in [-0.39, 0.29) is 16.7 Å². The van der Waals surface area contributed by atoms with Gasteiger partial charge in [0.2, 0.25) is 10.0 Å². The van der Waals surface area contributed by atoms with Crippen LogP contribution in [0.2, 0.25) is 0 Å². The van der Waals surface area contributed by atoms with E-state index in [1.165, 1.54) is 33.8 Å². The lowest BCUT2D eigenvalue weighted by Crippen LogP contribution is -3.15. The summed E-state index contributed by atoms with van der Waals surface area (Å²) < 4.78 is 33.1. The predicted octanol–water partition coefficient (Wildman–Crippen LogP) is 0.362. The van der Waals surface area contributed by atoms with Crippen LogP contribution in [0.25, 0.3) is 0 Å². The molecule has 144 valence electrons. The van der Waals surface area contributed by atoms with E-state index in [0.29, 0.717) is 18.7 Å². The number of nitro groups is 1. The first-order chi connectivity index (χ1) is 12.4. The zero-order valence-electron chi connectivity index (χ0n) is 15.0. The van der Waals surface area contributed by atoms with Gasteiger partial charge in [-0.2, -0.15) is 4.31 Å². The largest absolute Gasteiger partial charge is 0.372 e. The Bertz CT molecular complexity index is 754. The van der Waals surface area contributed by atoms with Gasteiger partial charge >= 0.3 is 0 Å². The van der Waals surface area contributed by atoms with Crippen LogP contribution >= 0.6 is 0 Å².